The van der Waals surface area contributed by atoms with Gasteiger partial charge in [0.25, 0.3) is 0 Å². The summed E-state index contributed by atoms with van der Waals surface area (Å²) in [6, 6.07) is 15.2. The number of hydrogen-bond acceptors (Lipinski definition) is 8. The van der Waals surface area contributed by atoms with Crippen molar-refractivity contribution in [3.63, 3.8) is 0 Å². The molecule has 11 nitrogen and oxygen atoms in total. The van der Waals surface area contributed by atoms with Crippen LogP contribution >= 0.6 is 11.6 Å². The van der Waals surface area contributed by atoms with Crippen LogP contribution in [0.5, 0.6) is 17.2 Å². The number of phenolic OH excluding ortho intramolecular Hbond substituents is 3. The topological polar surface area (TPSA) is 174 Å². The second-order valence-electron chi connectivity index (χ2n) is 14.7. The minimum atomic E-state index is -1.20. The number of carbonyl (C=O) groups excluding carboxylic acids is 4. The molecule has 3 atom stereocenters. The van der Waals surface area contributed by atoms with Crippen molar-refractivity contribution < 1.29 is 39.2 Å². The third kappa shape index (κ3) is 19.3. The highest BCUT2D eigenvalue weighted by molar-refractivity contribution is 6.18. The van der Waals surface area contributed by atoms with Gasteiger partial charge in [0.2, 0.25) is 17.7 Å². The molecule has 0 radical (unpaired) electrons. The van der Waals surface area contributed by atoms with Crippen LogP contribution in [-0.2, 0) is 43.2 Å². The number of ether oxygens (including phenoxy) is 1. The van der Waals surface area contributed by atoms with Crippen molar-refractivity contribution in [3.05, 3.63) is 89.5 Å². The fraction of sp³-hybridized carbons (Fsp3) is 0.511. The van der Waals surface area contributed by atoms with Gasteiger partial charge in [-0.1, -0.05) is 120 Å². The third-order valence-corrected chi connectivity index (χ3v) is 10.00. The summed E-state index contributed by atoms with van der Waals surface area (Å²) in [7, 11) is 0. The summed E-state index contributed by atoms with van der Waals surface area (Å²) >= 11 is 5.76. The Balaban J connectivity index is 1.68. The monoisotopic (exact) mass is 807 g/mol. The van der Waals surface area contributed by atoms with Crippen LogP contribution < -0.4 is 16.0 Å². The number of rotatable bonds is 28. The van der Waals surface area contributed by atoms with E-state index in [0.29, 0.717) is 23.1 Å². The summed E-state index contributed by atoms with van der Waals surface area (Å²) < 4.78 is 5.27. The standard InChI is InChI=1S/C45H62ClN3O8/c1-2-3-4-5-6-7-8-9-10-11-12-13-14-15-42(53)47-39(30-33-16-22-36(50)23-17-33)43(54)48-40(31-34-18-24-37(51)25-19-34)44(55)49-41(45(56)57-29-28-46)32-35-20-26-38(52)27-21-35/h16-27,39-41,50-52H,2-15,28-32H2,1H3,(H,47,53)(H,48,54)(H,49,55)/t39-,40-,41-/m0/s1. The molecule has 3 aromatic rings. The van der Waals surface area contributed by atoms with Crippen molar-refractivity contribution in [2.45, 2.75) is 134 Å². The van der Waals surface area contributed by atoms with E-state index in [9.17, 15) is 34.5 Å². The number of carbonyl (C=O) groups is 4. The fourth-order valence-electron chi connectivity index (χ4n) is 6.57. The summed E-state index contributed by atoms with van der Waals surface area (Å²) in [5.41, 5.74) is 1.94. The number of unbranched alkanes of at least 4 members (excludes halogenated alkanes) is 12. The highest BCUT2D eigenvalue weighted by Crippen LogP contribution is 2.17. The molecule has 0 saturated heterocycles. The third-order valence-electron chi connectivity index (χ3n) is 9.84. The number of esters is 1. The Hall–Kier alpha value is -4.77. The molecule has 0 aliphatic rings. The molecule has 6 N–H and O–H groups in total. The molecule has 57 heavy (non-hydrogen) atoms. The maximum absolute atomic E-state index is 14.1. The van der Waals surface area contributed by atoms with Gasteiger partial charge >= 0.3 is 5.97 Å². The van der Waals surface area contributed by atoms with E-state index in [4.69, 9.17) is 16.3 Å². The zero-order chi connectivity index (χ0) is 41.3. The molecule has 0 saturated carbocycles. The quantitative estimate of drug-likeness (QED) is 0.0248. The smallest absolute Gasteiger partial charge is 0.329 e. The normalized spacial score (nSPS) is 12.6. The van der Waals surface area contributed by atoms with E-state index in [0.717, 1.165) is 19.3 Å². The molecule has 312 valence electrons. The highest BCUT2D eigenvalue weighted by Gasteiger charge is 2.31. The van der Waals surface area contributed by atoms with Crippen molar-refractivity contribution in [2.75, 3.05) is 12.5 Å². The lowest BCUT2D eigenvalue weighted by atomic mass is 10.0. The Bertz CT molecular complexity index is 1620. The lowest BCUT2D eigenvalue weighted by Gasteiger charge is -2.25. The molecular formula is C45H62ClN3O8. The molecular weight excluding hydrogens is 746 g/mol. The molecule has 3 aromatic carbocycles. The molecule has 0 unspecified atom stereocenters. The van der Waals surface area contributed by atoms with Gasteiger partial charge in [0.15, 0.2) is 0 Å². The van der Waals surface area contributed by atoms with Gasteiger partial charge in [0, 0.05) is 25.7 Å². The predicted octanol–water partition coefficient (Wildman–Crippen LogP) is 7.55. The van der Waals surface area contributed by atoms with Crippen molar-refractivity contribution >= 4 is 35.3 Å². The molecule has 0 aliphatic heterocycles. The van der Waals surface area contributed by atoms with Crippen molar-refractivity contribution in [2.24, 2.45) is 0 Å². The van der Waals surface area contributed by atoms with Crippen molar-refractivity contribution in [3.8, 4) is 17.2 Å². The van der Waals surface area contributed by atoms with Crippen LogP contribution in [0, 0.1) is 0 Å². The first kappa shape index (κ1) is 46.6. The maximum atomic E-state index is 14.1. The molecule has 3 amide bonds. The SMILES string of the molecule is CCCCCCCCCCCCCCCC(=O)N[C@@H](Cc1ccc(O)cc1)C(=O)N[C@@H](Cc1ccc(O)cc1)C(=O)N[C@@H](Cc1ccc(O)cc1)C(=O)OCCCl. The molecule has 0 aliphatic carbocycles. The van der Waals surface area contributed by atoms with Gasteiger partial charge in [-0.2, -0.15) is 0 Å². The Morgan fingerprint density at radius 3 is 1.28 bits per heavy atom. The predicted molar refractivity (Wildman–Crippen MR) is 223 cm³/mol. The van der Waals surface area contributed by atoms with E-state index < -0.39 is 35.9 Å². The molecule has 0 bridgehead atoms. The Morgan fingerprint density at radius 2 is 0.877 bits per heavy atom. The molecule has 0 heterocycles. The lowest BCUT2D eigenvalue weighted by Crippen LogP contribution is -2.57. The van der Waals surface area contributed by atoms with Crippen molar-refractivity contribution in [1.82, 2.24) is 16.0 Å². The second-order valence-corrected chi connectivity index (χ2v) is 15.1. The van der Waals surface area contributed by atoms with Gasteiger partial charge < -0.3 is 36.0 Å². The van der Waals surface area contributed by atoms with Crippen LogP contribution in [0.2, 0.25) is 0 Å². The summed E-state index contributed by atoms with van der Waals surface area (Å²) in [5.74, 6) is -2.11. The van der Waals surface area contributed by atoms with Gasteiger partial charge in [-0.15, -0.1) is 11.6 Å². The van der Waals surface area contributed by atoms with Gasteiger partial charge in [-0.3, -0.25) is 14.4 Å². The fourth-order valence-corrected chi connectivity index (χ4v) is 6.65. The van der Waals surface area contributed by atoms with Crippen LogP contribution in [0.3, 0.4) is 0 Å². The van der Waals surface area contributed by atoms with E-state index in [1.807, 2.05) is 0 Å². The molecule has 12 heteroatoms. The number of nitrogens with one attached hydrogen (secondary N) is 3. The van der Waals surface area contributed by atoms with Crippen LogP contribution in [0.15, 0.2) is 72.8 Å². The Labute approximate surface area is 342 Å². The number of aromatic hydroxyl groups is 3. The number of phenols is 3. The molecule has 0 aromatic heterocycles. The Morgan fingerprint density at radius 1 is 0.526 bits per heavy atom. The summed E-state index contributed by atoms with van der Waals surface area (Å²) in [6.07, 6.45) is 15.8. The molecule has 3 rings (SSSR count). The number of halogens is 1. The van der Waals surface area contributed by atoms with Gasteiger partial charge in [-0.25, -0.2) is 4.79 Å². The minimum absolute atomic E-state index is 0.000650. The van der Waals surface area contributed by atoms with E-state index in [1.54, 1.807) is 36.4 Å². The number of alkyl halides is 1. The molecule has 0 fully saturated rings. The first-order chi connectivity index (χ1) is 27.6. The summed E-state index contributed by atoms with van der Waals surface area (Å²) in [5, 5.41) is 37.8. The van der Waals surface area contributed by atoms with Crippen LogP contribution in [0.1, 0.15) is 114 Å². The first-order valence-corrected chi connectivity index (χ1v) is 21.1. The van der Waals surface area contributed by atoms with E-state index in [2.05, 4.69) is 22.9 Å². The van der Waals surface area contributed by atoms with E-state index in [1.165, 1.54) is 94.2 Å². The number of amides is 3. The zero-order valence-corrected chi connectivity index (χ0v) is 34.1. The van der Waals surface area contributed by atoms with E-state index >= 15 is 0 Å². The minimum Gasteiger partial charge on any atom is -0.508 e. The van der Waals surface area contributed by atoms with Crippen LogP contribution in [0.4, 0.5) is 0 Å². The number of benzene rings is 3. The largest absolute Gasteiger partial charge is 0.508 e. The van der Waals surface area contributed by atoms with Crippen molar-refractivity contribution in [1.29, 1.82) is 0 Å². The van der Waals surface area contributed by atoms with Gasteiger partial charge in [-0.05, 0) is 59.5 Å². The summed E-state index contributed by atoms with van der Waals surface area (Å²) in [4.78, 5) is 54.4. The van der Waals surface area contributed by atoms with Gasteiger partial charge in [0.1, 0.15) is 42.0 Å². The first-order valence-electron chi connectivity index (χ1n) is 20.5. The van der Waals surface area contributed by atoms with Crippen LogP contribution in [-0.4, -0.2) is 69.6 Å². The zero-order valence-electron chi connectivity index (χ0n) is 33.4. The highest BCUT2D eigenvalue weighted by atomic mass is 35.5. The lowest BCUT2D eigenvalue weighted by molar-refractivity contribution is -0.147. The average Bonchev–Trinajstić information content (AvgIpc) is 3.20. The average molecular weight is 808 g/mol. The molecule has 0 spiro atoms. The van der Waals surface area contributed by atoms with Crippen LogP contribution in [0.25, 0.3) is 0 Å². The Kier molecular flexibility index (Phi) is 22.1. The van der Waals surface area contributed by atoms with E-state index in [-0.39, 0.29) is 61.3 Å². The van der Waals surface area contributed by atoms with Gasteiger partial charge in [0.05, 0.1) is 5.88 Å². The number of hydrogen-bond donors (Lipinski definition) is 6. The maximum Gasteiger partial charge on any atom is 0.329 e. The second kappa shape index (κ2) is 27.0. The summed E-state index contributed by atoms with van der Waals surface area (Å²) in [6.45, 7) is 2.16.